The van der Waals surface area contributed by atoms with Crippen molar-refractivity contribution in [2.75, 3.05) is 68.8 Å². The van der Waals surface area contributed by atoms with E-state index in [1.807, 2.05) is 13.1 Å². The minimum absolute atomic E-state index is 0.877. The van der Waals surface area contributed by atoms with Crippen molar-refractivity contribution in [3.8, 4) is 0 Å². The van der Waals surface area contributed by atoms with Gasteiger partial charge in [-0.25, -0.2) is 0 Å². The van der Waals surface area contributed by atoms with Crippen LogP contribution in [-0.2, 0) is 12.8 Å². The molecule has 2 aliphatic heterocycles. The van der Waals surface area contributed by atoms with Gasteiger partial charge in [-0.2, -0.15) is 0 Å². The molecule has 4 aromatic rings. The van der Waals surface area contributed by atoms with Crippen molar-refractivity contribution in [3.63, 3.8) is 0 Å². The van der Waals surface area contributed by atoms with Crippen LogP contribution in [0.4, 0.5) is 22.7 Å². The highest BCUT2D eigenvalue weighted by Gasteiger charge is 2.36. The fraction of sp³-hybridized carbons (Fsp3) is 0.333. The molecule has 0 bridgehead atoms. The topological polar surface area (TPSA) is 21.8 Å². The maximum absolute atomic E-state index is 3.86. The van der Waals surface area contributed by atoms with Crippen molar-refractivity contribution in [1.82, 2.24) is 0 Å². The van der Waals surface area contributed by atoms with Crippen LogP contribution < -0.4 is 40.8 Å². The van der Waals surface area contributed by atoms with Gasteiger partial charge in [-0.3, -0.25) is 0 Å². The Labute approximate surface area is 274 Å². The van der Waals surface area contributed by atoms with Crippen LogP contribution in [-0.4, -0.2) is 65.0 Å². The highest BCUT2D eigenvalue weighted by molar-refractivity contribution is 7.02. The Morgan fingerprint density at radius 3 is 1.38 bits per heavy atom. The second-order valence-corrected chi connectivity index (χ2v) is 22.9. The van der Waals surface area contributed by atoms with Crippen molar-refractivity contribution in [3.05, 3.63) is 108 Å². The van der Waals surface area contributed by atoms with Crippen LogP contribution in [0.25, 0.3) is 0 Å². The minimum Gasteiger partial charge on any atom is -0.388 e. The molecule has 0 unspecified atom stereocenters. The number of hydrogen-bond donors (Lipinski definition) is 1. The summed E-state index contributed by atoms with van der Waals surface area (Å²) in [6.07, 6.45) is 4.08. The van der Waals surface area contributed by atoms with Crippen molar-refractivity contribution >= 4 is 59.6 Å². The maximum Gasteiger partial charge on any atom is 0.113 e. The number of benzene rings is 4. The summed E-state index contributed by atoms with van der Waals surface area (Å²) < 4.78 is 0. The van der Waals surface area contributed by atoms with Crippen LogP contribution in [0.2, 0.25) is 26.2 Å². The molecule has 0 atom stereocenters. The number of likely N-dealkylation sites (N-methyl/N-ethyl adjacent to an activating group) is 1. The standard InChI is InChI=1S/C21H28N2Si.C18H24N2Si/c1-7-12-23(4)19-11-9-17-13-16-8-10-18(22(2)3)14-20(16)24(5,6)21(17)15-19;1-19-15-8-6-13-10-14-7-9-16(20(2)3)12-18(14)21(4,5)17(13)11-15/h7-11,14-15H,1,12-13H2,2-6H3;6-9,11-12,19H,10H2,1-5H3. The summed E-state index contributed by atoms with van der Waals surface area (Å²) in [7, 11) is 9.30. The summed E-state index contributed by atoms with van der Waals surface area (Å²) in [6.45, 7) is 14.7. The summed E-state index contributed by atoms with van der Waals surface area (Å²) in [5.74, 6) is 0. The zero-order valence-corrected chi connectivity index (χ0v) is 31.2. The lowest BCUT2D eigenvalue weighted by Gasteiger charge is -2.35. The molecule has 236 valence electrons. The Kier molecular flexibility index (Phi) is 9.12. The van der Waals surface area contributed by atoms with Gasteiger partial charge in [0.25, 0.3) is 0 Å². The molecule has 45 heavy (non-hydrogen) atoms. The van der Waals surface area contributed by atoms with E-state index in [2.05, 4.69) is 161 Å². The van der Waals surface area contributed by atoms with Gasteiger partial charge in [0.2, 0.25) is 0 Å². The molecular weight excluding hydrogens is 581 g/mol. The van der Waals surface area contributed by atoms with E-state index in [4.69, 9.17) is 0 Å². The number of rotatable bonds is 6. The predicted molar refractivity (Wildman–Crippen MR) is 207 cm³/mol. The molecule has 6 rings (SSSR count). The average molecular weight is 633 g/mol. The summed E-state index contributed by atoms with van der Waals surface area (Å²) in [5.41, 5.74) is 11.2. The van der Waals surface area contributed by atoms with Gasteiger partial charge in [0, 0.05) is 71.6 Å². The Balaban J connectivity index is 0.000000179. The maximum atomic E-state index is 3.86. The van der Waals surface area contributed by atoms with E-state index in [0.29, 0.717) is 0 Å². The van der Waals surface area contributed by atoms with Gasteiger partial charge < -0.3 is 20.0 Å². The van der Waals surface area contributed by atoms with Gasteiger partial charge >= 0.3 is 0 Å². The summed E-state index contributed by atoms with van der Waals surface area (Å²) in [4.78, 5) is 6.67. The summed E-state index contributed by atoms with van der Waals surface area (Å²) >= 11 is 0. The van der Waals surface area contributed by atoms with E-state index >= 15 is 0 Å². The first-order valence-corrected chi connectivity index (χ1v) is 22.2. The minimum atomic E-state index is -1.69. The molecule has 0 amide bonds. The second kappa shape index (κ2) is 12.6. The second-order valence-electron chi connectivity index (χ2n) is 14.2. The van der Waals surface area contributed by atoms with E-state index in [1.165, 1.54) is 45.0 Å². The molecule has 0 saturated heterocycles. The molecule has 4 nitrogen and oxygen atoms in total. The molecule has 0 radical (unpaired) electrons. The predicted octanol–water partition coefficient (Wildman–Crippen LogP) is 5.62. The molecule has 0 spiro atoms. The largest absolute Gasteiger partial charge is 0.388 e. The molecule has 0 aliphatic carbocycles. The number of anilines is 4. The lowest BCUT2D eigenvalue weighted by atomic mass is 10.0. The Hall–Kier alpha value is -3.75. The van der Waals surface area contributed by atoms with Gasteiger partial charge in [0.05, 0.1) is 0 Å². The van der Waals surface area contributed by atoms with Crippen molar-refractivity contribution < 1.29 is 0 Å². The lowest BCUT2D eigenvalue weighted by Crippen LogP contribution is -2.58. The van der Waals surface area contributed by atoms with Gasteiger partial charge in [0.15, 0.2) is 0 Å². The van der Waals surface area contributed by atoms with Crippen LogP contribution >= 0.6 is 0 Å². The van der Waals surface area contributed by atoms with E-state index in [1.54, 1.807) is 20.7 Å². The van der Waals surface area contributed by atoms with Crippen LogP contribution in [0, 0.1) is 0 Å². The Bertz CT molecular complexity index is 1720. The van der Waals surface area contributed by atoms with Crippen LogP contribution in [0.3, 0.4) is 0 Å². The molecule has 0 aromatic heterocycles. The zero-order valence-electron chi connectivity index (χ0n) is 29.2. The first-order valence-electron chi connectivity index (χ1n) is 16.2. The third-order valence-electron chi connectivity index (χ3n) is 10.0. The molecule has 2 aliphatic rings. The molecule has 0 fully saturated rings. The first kappa shape index (κ1) is 32.6. The normalized spacial score (nSPS) is 14.8. The third-order valence-corrected chi connectivity index (χ3v) is 17.3. The Morgan fingerprint density at radius 2 is 0.978 bits per heavy atom. The summed E-state index contributed by atoms with van der Waals surface area (Å²) in [5, 5.41) is 9.63. The number of hydrogen-bond acceptors (Lipinski definition) is 4. The van der Waals surface area contributed by atoms with E-state index < -0.39 is 16.1 Å². The van der Waals surface area contributed by atoms with Crippen LogP contribution in [0.5, 0.6) is 0 Å². The number of nitrogens with one attached hydrogen (secondary N) is 1. The van der Waals surface area contributed by atoms with Crippen molar-refractivity contribution in [1.29, 1.82) is 0 Å². The molecular formula is C39H52N4Si2. The SMILES string of the molecule is C=CCN(C)c1ccc2c(c1)[Si](C)(C)c1cc(N(C)C)ccc1C2.CNc1ccc2c(c1)[Si](C)(C)c1cc(N(C)C)ccc1C2. The van der Waals surface area contributed by atoms with Crippen LogP contribution in [0.1, 0.15) is 22.3 Å². The first-order chi connectivity index (χ1) is 21.3. The quantitative estimate of drug-likeness (QED) is 0.220. The van der Waals surface area contributed by atoms with E-state index in [0.717, 1.165) is 19.4 Å². The molecule has 1 N–H and O–H groups in total. The number of nitrogens with zero attached hydrogens (tertiary/aromatic N) is 3. The van der Waals surface area contributed by atoms with Gasteiger partial charge in [-0.1, -0.05) is 56.5 Å². The van der Waals surface area contributed by atoms with Gasteiger partial charge in [-0.05, 0) is 104 Å². The Morgan fingerprint density at radius 1 is 0.600 bits per heavy atom. The zero-order chi connectivity index (χ0) is 32.7. The smallest absolute Gasteiger partial charge is 0.113 e. The monoisotopic (exact) mass is 632 g/mol. The third kappa shape index (κ3) is 6.23. The highest BCUT2D eigenvalue weighted by Crippen LogP contribution is 2.27. The van der Waals surface area contributed by atoms with Crippen molar-refractivity contribution in [2.45, 2.75) is 39.0 Å². The van der Waals surface area contributed by atoms with Gasteiger partial charge in [-0.15, -0.1) is 6.58 Å². The highest BCUT2D eigenvalue weighted by atomic mass is 28.3. The molecule has 6 heteroatoms. The molecule has 0 saturated carbocycles. The van der Waals surface area contributed by atoms with Gasteiger partial charge in [0.1, 0.15) is 16.1 Å². The fourth-order valence-corrected chi connectivity index (χ4v) is 13.7. The van der Waals surface area contributed by atoms with E-state index in [-0.39, 0.29) is 0 Å². The lowest BCUT2D eigenvalue weighted by molar-refractivity contribution is 1.03. The average Bonchev–Trinajstić information content (AvgIpc) is 3.01. The molecule has 4 aromatic carbocycles. The fourth-order valence-electron chi connectivity index (χ4n) is 7.16. The van der Waals surface area contributed by atoms with Crippen LogP contribution in [0.15, 0.2) is 85.5 Å². The molecule has 2 heterocycles. The summed E-state index contributed by atoms with van der Waals surface area (Å²) in [6, 6.07) is 27.9. The number of fused-ring (bicyclic) bond motifs is 4. The van der Waals surface area contributed by atoms with E-state index in [9.17, 15) is 0 Å². The van der Waals surface area contributed by atoms with Crippen molar-refractivity contribution in [2.24, 2.45) is 0 Å².